The average molecular weight is 654 g/mol. The molecule has 2 heterocycles. The summed E-state index contributed by atoms with van der Waals surface area (Å²) >= 11 is 0. The molecule has 1 atom stereocenters. The van der Waals surface area contributed by atoms with E-state index in [2.05, 4.69) is 56.9 Å². The minimum absolute atomic E-state index is 0.00446. The number of carbonyl (C=O) groups excluding carboxylic acids is 1. The van der Waals surface area contributed by atoms with Gasteiger partial charge in [-0.2, -0.15) is 15.3 Å². The van der Waals surface area contributed by atoms with Gasteiger partial charge in [0.15, 0.2) is 8.32 Å². The first-order valence-electron chi connectivity index (χ1n) is 16.8. The Morgan fingerprint density at radius 3 is 2.43 bits per heavy atom. The van der Waals surface area contributed by atoms with Gasteiger partial charge in [-0.05, 0) is 73.0 Å². The molecule has 4 aromatic rings. The van der Waals surface area contributed by atoms with E-state index in [9.17, 15) is 14.9 Å². The van der Waals surface area contributed by atoms with Gasteiger partial charge in [-0.1, -0.05) is 76.6 Å². The molecule has 0 bridgehead atoms. The van der Waals surface area contributed by atoms with Crippen LogP contribution in [0.3, 0.4) is 0 Å². The van der Waals surface area contributed by atoms with Gasteiger partial charge >= 0.3 is 0 Å². The zero-order valence-electron chi connectivity index (χ0n) is 28.5. The number of aryl methyl sites for hydroxylation is 1. The molecule has 1 aliphatic rings. The van der Waals surface area contributed by atoms with Crippen LogP contribution in [-0.2, 0) is 26.8 Å². The predicted octanol–water partition coefficient (Wildman–Crippen LogP) is 7.06. The SMILES string of the molecule is CCCc1c(Cc2ccc(-c3ccccc3C#N)cc2)c(=O)n(C2CCC(OCC(C=O)O[Si](C)(C)C(C)(C)C)CC2)c2ncnn12. The van der Waals surface area contributed by atoms with Crippen molar-refractivity contribution in [1.82, 2.24) is 19.2 Å². The summed E-state index contributed by atoms with van der Waals surface area (Å²) in [7, 11) is -2.10. The van der Waals surface area contributed by atoms with E-state index in [1.54, 1.807) is 0 Å². The second-order valence-electron chi connectivity index (χ2n) is 14.2. The summed E-state index contributed by atoms with van der Waals surface area (Å²) in [6.07, 6.45) is 6.99. The second-order valence-corrected chi connectivity index (χ2v) is 18.9. The third kappa shape index (κ3) is 7.48. The van der Waals surface area contributed by atoms with Crippen molar-refractivity contribution in [3.05, 3.63) is 87.6 Å². The highest BCUT2D eigenvalue weighted by Crippen LogP contribution is 2.37. The van der Waals surface area contributed by atoms with Crippen LogP contribution in [0.4, 0.5) is 0 Å². The summed E-state index contributed by atoms with van der Waals surface area (Å²) in [5.74, 6) is 0.582. The quantitative estimate of drug-likeness (QED) is 0.119. The Labute approximate surface area is 278 Å². The van der Waals surface area contributed by atoms with Gasteiger partial charge in [-0.15, -0.1) is 0 Å². The lowest BCUT2D eigenvalue weighted by Crippen LogP contribution is -2.46. The van der Waals surface area contributed by atoms with Gasteiger partial charge in [0.05, 0.1) is 30.0 Å². The summed E-state index contributed by atoms with van der Waals surface area (Å²) in [5.41, 5.74) is 5.14. The first kappa shape index (κ1) is 34.4. The van der Waals surface area contributed by atoms with Crippen LogP contribution < -0.4 is 5.56 Å². The molecule has 0 saturated heterocycles. The van der Waals surface area contributed by atoms with Crippen LogP contribution in [-0.4, -0.2) is 52.6 Å². The number of benzene rings is 2. The number of hydrogen-bond donors (Lipinski definition) is 0. The molecule has 0 amide bonds. The molecule has 5 rings (SSSR count). The summed E-state index contributed by atoms with van der Waals surface area (Å²) in [5, 5.41) is 14.1. The number of rotatable bonds is 12. The van der Waals surface area contributed by atoms with Crippen molar-refractivity contribution in [2.45, 2.75) is 109 Å². The highest BCUT2D eigenvalue weighted by molar-refractivity contribution is 6.74. The second kappa shape index (κ2) is 14.5. The number of aromatic nitrogens is 4. The Morgan fingerprint density at radius 1 is 1.09 bits per heavy atom. The summed E-state index contributed by atoms with van der Waals surface area (Å²) < 4.78 is 16.2. The van der Waals surface area contributed by atoms with Gasteiger partial charge in [0, 0.05) is 18.0 Å². The molecule has 0 aliphatic heterocycles. The molecule has 1 fully saturated rings. The molecular formula is C37H47N5O4Si. The number of aldehydes is 1. The topological polar surface area (TPSA) is 112 Å². The van der Waals surface area contributed by atoms with Gasteiger partial charge in [0.2, 0.25) is 5.78 Å². The third-order valence-corrected chi connectivity index (χ3v) is 14.4. The van der Waals surface area contributed by atoms with Gasteiger partial charge in [-0.25, -0.2) is 4.52 Å². The van der Waals surface area contributed by atoms with Crippen LogP contribution >= 0.6 is 0 Å². The Balaban J connectivity index is 1.35. The Kier molecular flexibility index (Phi) is 10.6. The van der Waals surface area contributed by atoms with E-state index in [1.807, 2.05) is 57.6 Å². The molecular weight excluding hydrogens is 607 g/mol. The van der Waals surface area contributed by atoms with Crippen LogP contribution in [0.2, 0.25) is 18.1 Å². The fraction of sp³-hybridized carbons (Fsp3) is 0.486. The molecule has 47 heavy (non-hydrogen) atoms. The lowest BCUT2D eigenvalue weighted by molar-refractivity contribution is -0.118. The minimum Gasteiger partial charge on any atom is -0.405 e. The molecule has 1 unspecified atom stereocenters. The maximum atomic E-state index is 14.4. The van der Waals surface area contributed by atoms with Crippen molar-refractivity contribution < 1.29 is 14.0 Å². The van der Waals surface area contributed by atoms with Crippen molar-refractivity contribution in [3.63, 3.8) is 0 Å². The standard InChI is InChI=1S/C37H47N5O4Si/c1-7-10-34-33(21-26-13-15-27(16-14-26)32-12-9-8-11-28(32)22-38)35(44)41(36-39-25-40-42(34)36)29-17-19-30(20-18-29)45-24-31(23-43)46-47(5,6)37(2,3)4/h8-9,11-16,23,25,29-31H,7,10,17-21,24H2,1-6H3. The van der Waals surface area contributed by atoms with E-state index in [1.165, 1.54) is 6.33 Å². The molecule has 10 heteroatoms. The predicted molar refractivity (Wildman–Crippen MR) is 186 cm³/mol. The lowest BCUT2D eigenvalue weighted by atomic mass is 9.92. The zero-order valence-corrected chi connectivity index (χ0v) is 29.5. The molecule has 0 spiro atoms. The van der Waals surface area contributed by atoms with Gasteiger partial charge in [0.1, 0.15) is 18.7 Å². The fourth-order valence-corrected chi connectivity index (χ4v) is 7.51. The minimum atomic E-state index is -2.10. The summed E-state index contributed by atoms with van der Waals surface area (Å²) in [4.78, 5) is 30.8. The molecule has 0 radical (unpaired) electrons. The normalized spacial score (nSPS) is 17.8. The smallest absolute Gasteiger partial charge is 0.259 e. The molecule has 0 N–H and O–H groups in total. The monoisotopic (exact) mass is 653 g/mol. The highest BCUT2D eigenvalue weighted by atomic mass is 28.4. The molecule has 248 valence electrons. The van der Waals surface area contributed by atoms with E-state index in [0.29, 0.717) is 24.2 Å². The van der Waals surface area contributed by atoms with Crippen LogP contribution in [0, 0.1) is 11.3 Å². The molecule has 9 nitrogen and oxygen atoms in total. The largest absolute Gasteiger partial charge is 0.405 e. The van der Waals surface area contributed by atoms with Crippen molar-refractivity contribution in [2.75, 3.05) is 6.61 Å². The summed E-state index contributed by atoms with van der Waals surface area (Å²) in [6, 6.07) is 17.9. The Bertz CT molecular complexity index is 1790. The Hall–Kier alpha value is -3.91. The van der Waals surface area contributed by atoms with Crippen LogP contribution in [0.1, 0.15) is 88.2 Å². The van der Waals surface area contributed by atoms with E-state index in [4.69, 9.17) is 9.16 Å². The van der Waals surface area contributed by atoms with Crippen molar-refractivity contribution in [2.24, 2.45) is 0 Å². The van der Waals surface area contributed by atoms with Gasteiger partial charge < -0.3 is 14.0 Å². The fourth-order valence-electron chi connectivity index (χ4n) is 6.27. The number of hydrogen-bond acceptors (Lipinski definition) is 7. The summed E-state index contributed by atoms with van der Waals surface area (Å²) in [6.45, 7) is 13.1. The lowest BCUT2D eigenvalue weighted by Gasteiger charge is -2.38. The number of carbonyl (C=O) groups is 1. The van der Waals surface area contributed by atoms with E-state index in [-0.39, 0.29) is 29.4 Å². The van der Waals surface area contributed by atoms with Gasteiger partial charge in [0.25, 0.3) is 5.56 Å². The first-order valence-corrected chi connectivity index (χ1v) is 19.7. The first-order chi connectivity index (χ1) is 22.5. The Morgan fingerprint density at radius 2 is 1.79 bits per heavy atom. The third-order valence-electron chi connectivity index (χ3n) is 9.92. The molecule has 1 saturated carbocycles. The van der Waals surface area contributed by atoms with Crippen molar-refractivity contribution >= 4 is 20.4 Å². The van der Waals surface area contributed by atoms with Crippen LogP contribution in [0.25, 0.3) is 16.9 Å². The maximum Gasteiger partial charge on any atom is 0.259 e. The number of fused-ring (bicyclic) bond motifs is 1. The van der Waals surface area contributed by atoms with E-state index in [0.717, 1.165) is 66.3 Å². The van der Waals surface area contributed by atoms with E-state index < -0.39 is 14.4 Å². The van der Waals surface area contributed by atoms with Crippen molar-refractivity contribution in [3.8, 4) is 17.2 Å². The maximum absolute atomic E-state index is 14.4. The average Bonchev–Trinajstić information content (AvgIpc) is 3.54. The van der Waals surface area contributed by atoms with Crippen molar-refractivity contribution in [1.29, 1.82) is 5.26 Å². The molecule has 1 aliphatic carbocycles. The number of ether oxygens (including phenoxy) is 1. The number of nitriles is 1. The number of nitrogens with zero attached hydrogens (tertiary/aromatic N) is 5. The zero-order chi connectivity index (χ0) is 33.8. The van der Waals surface area contributed by atoms with Gasteiger partial charge in [-0.3, -0.25) is 9.36 Å². The van der Waals surface area contributed by atoms with E-state index >= 15 is 0 Å². The van der Waals surface area contributed by atoms with Crippen LogP contribution in [0.5, 0.6) is 0 Å². The van der Waals surface area contributed by atoms with Crippen LogP contribution in [0.15, 0.2) is 59.7 Å². The molecule has 2 aromatic heterocycles. The molecule has 2 aromatic carbocycles. The highest BCUT2D eigenvalue weighted by Gasteiger charge is 2.39.